The van der Waals surface area contributed by atoms with Gasteiger partial charge >= 0.3 is 0 Å². The van der Waals surface area contributed by atoms with E-state index in [4.69, 9.17) is 24.1 Å². The third kappa shape index (κ3) is 2.64. The Morgan fingerprint density at radius 2 is 2.00 bits per heavy atom. The molecule has 1 aliphatic rings. The van der Waals surface area contributed by atoms with Gasteiger partial charge in [-0.05, 0) is 17.7 Å². The number of carboxylic acid groups (broad SMARTS) is 1. The first kappa shape index (κ1) is 14.7. The van der Waals surface area contributed by atoms with Crippen molar-refractivity contribution in [3.8, 4) is 28.4 Å². The lowest BCUT2D eigenvalue weighted by atomic mass is 10.0. The van der Waals surface area contributed by atoms with Gasteiger partial charge in [0.25, 0.3) is 6.47 Å². The van der Waals surface area contributed by atoms with E-state index in [9.17, 15) is 0 Å². The molecule has 118 valence electrons. The highest BCUT2D eigenvalue weighted by atomic mass is 16.7. The van der Waals surface area contributed by atoms with E-state index in [1.807, 2.05) is 36.5 Å². The van der Waals surface area contributed by atoms with E-state index in [1.165, 1.54) is 0 Å². The van der Waals surface area contributed by atoms with Crippen molar-refractivity contribution < 1.29 is 24.1 Å². The van der Waals surface area contributed by atoms with Gasteiger partial charge in [-0.25, -0.2) is 0 Å². The second-order valence-corrected chi connectivity index (χ2v) is 4.65. The molecule has 0 bridgehead atoms. The van der Waals surface area contributed by atoms with Crippen LogP contribution < -0.4 is 14.2 Å². The molecular weight excluding hydrogens is 300 g/mol. The third-order valence-electron chi connectivity index (χ3n) is 3.47. The van der Waals surface area contributed by atoms with Crippen LogP contribution in [-0.2, 0) is 4.79 Å². The molecule has 2 heterocycles. The second-order valence-electron chi connectivity index (χ2n) is 4.65. The largest absolute Gasteiger partial charge is 0.496 e. The molecule has 1 aliphatic heterocycles. The predicted octanol–water partition coefficient (Wildman–Crippen LogP) is 2.67. The highest BCUT2D eigenvalue weighted by Gasteiger charge is 2.19. The summed E-state index contributed by atoms with van der Waals surface area (Å²) in [5, 5.41) is 15.0. The number of hydrogen-bond donors (Lipinski definition) is 2. The minimum atomic E-state index is -0.250. The Bertz CT molecular complexity index is 844. The molecule has 0 fully saturated rings. The van der Waals surface area contributed by atoms with Gasteiger partial charge in [0.2, 0.25) is 6.79 Å². The summed E-state index contributed by atoms with van der Waals surface area (Å²) >= 11 is 0. The fraction of sp³-hybridized carbons (Fsp3) is 0.125. The van der Waals surface area contributed by atoms with E-state index in [1.54, 1.807) is 7.11 Å². The van der Waals surface area contributed by atoms with Crippen molar-refractivity contribution >= 4 is 17.4 Å². The summed E-state index contributed by atoms with van der Waals surface area (Å²) in [6.45, 7) is -0.00213. The van der Waals surface area contributed by atoms with Gasteiger partial charge in [0.15, 0.2) is 11.5 Å². The van der Waals surface area contributed by atoms with Gasteiger partial charge in [-0.15, -0.1) is 0 Å². The van der Waals surface area contributed by atoms with Gasteiger partial charge in [-0.1, -0.05) is 12.1 Å². The Labute approximate surface area is 131 Å². The van der Waals surface area contributed by atoms with E-state index >= 15 is 0 Å². The van der Waals surface area contributed by atoms with Gasteiger partial charge in [0.05, 0.1) is 18.8 Å². The van der Waals surface area contributed by atoms with Gasteiger partial charge in [-0.3, -0.25) is 9.89 Å². The number of carbonyl (C=O) groups is 1. The van der Waals surface area contributed by atoms with Crippen LogP contribution in [0.25, 0.3) is 22.0 Å². The number of fused-ring (bicyclic) bond motifs is 2. The van der Waals surface area contributed by atoms with Crippen molar-refractivity contribution in [1.82, 2.24) is 10.2 Å². The molecule has 2 N–H and O–H groups in total. The molecule has 0 spiro atoms. The number of ether oxygens (including phenoxy) is 3. The lowest BCUT2D eigenvalue weighted by molar-refractivity contribution is -0.122. The van der Waals surface area contributed by atoms with E-state index in [0.29, 0.717) is 5.75 Å². The zero-order valence-electron chi connectivity index (χ0n) is 12.3. The highest BCUT2D eigenvalue weighted by molar-refractivity contribution is 5.96. The molecule has 3 aromatic rings. The monoisotopic (exact) mass is 314 g/mol. The van der Waals surface area contributed by atoms with Crippen LogP contribution >= 0.6 is 0 Å². The fourth-order valence-corrected chi connectivity index (χ4v) is 2.51. The maximum atomic E-state index is 8.36. The Balaban J connectivity index is 0.000000485. The maximum Gasteiger partial charge on any atom is 0.290 e. The second kappa shape index (κ2) is 6.27. The van der Waals surface area contributed by atoms with Crippen molar-refractivity contribution in [2.24, 2.45) is 0 Å². The molecule has 0 amide bonds. The first-order valence-corrected chi connectivity index (χ1v) is 6.76. The predicted molar refractivity (Wildman–Crippen MR) is 82.9 cm³/mol. The highest BCUT2D eigenvalue weighted by Crippen LogP contribution is 2.43. The topological polar surface area (TPSA) is 93.7 Å². The van der Waals surface area contributed by atoms with Gasteiger partial charge in [-0.2, -0.15) is 5.10 Å². The summed E-state index contributed by atoms with van der Waals surface area (Å²) in [5.74, 6) is 2.20. The summed E-state index contributed by atoms with van der Waals surface area (Å²) in [7, 11) is 1.65. The van der Waals surface area contributed by atoms with Gasteiger partial charge < -0.3 is 19.3 Å². The van der Waals surface area contributed by atoms with Gasteiger partial charge in [0, 0.05) is 17.0 Å². The smallest absolute Gasteiger partial charge is 0.290 e. The number of hydrogen-bond acceptors (Lipinski definition) is 5. The first-order chi connectivity index (χ1) is 11.3. The summed E-state index contributed by atoms with van der Waals surface area (Å²) in [4.78, 5) is 8.36. The molecular formula is C16H14N2O5. The number of benzene rings is 2. The van der Waals surface area contributed by atoms with E-state index in [-0.39, 0.29) is 13.3 Å². The van der Waals surface area contributed by atoms with Crippen LogP contribution in [0.2, 0.25) is 0 Å². The number of H-pyrrole nitrogens is 1. The first-order valence-electron chi connectivity index (χ1n) is 6.76. The number of nitrogens with one attached hydrogen (secondary N) is 1. The molecule has 4 rings (SSSR count). The number of aromatic amines is 1. The third-order valence-corrected chi connectivity index (χ3v) is 3.47. The van der Waals surface area contributed by atoms with Crippen LogP contribution in [0.1, 0.15) is 0 Å². The summed E-state index contributed by atoms with van der Waals surface area (Å²) in [6, 6.07) is 9.82. The quantitative estimate of drug-likeness (QED) is 0.706. The molecule has 23 heavy (non-hydrogen) atoms. The fourth-order valence-electron chi connectivity index (χ4n) is 2.51. The Kier molecular flexibility index (Phi) is 4.01. The van der Waals surface area contributed by atoms with E-state index in [0.717, 1.165) is 33.5 Å². The maximum absolute atomic E-state index is 8.36. The van der Waals surface area contributed by atoms with Gasteiger partial charge in [0.1, 0.15) is 5.75 Å². The van der Waals surface area contributed by atoms with Crippen molar-refractivity contribution in [3.05, 3.63) is 36.5 Å². The van der Waals surface area contributed by atoms with Crippen LogP contribution in [-0.4, -0.2) is 35.7 Å². The minimum Gasteiger partial charge on any atom is -0.496 e. The number of aromatic nitrogens is 2. The molecule has 7 heteroatoms. The van der Waals surface area contributed by atoms with Crippen LogP contribution in [0, 0.1) is 0 Å². The van der Waals surface area contributed by atoms with Crippen LogP contribution in [0.5, 0.6) is 17.2 Å². The molecule has 0 atom stereocenters. The molecule has 0 radical (unpaired) electrons. The average molecular weight is 314 g/mol. The lowest BCUT2D eigenvalue weighted by Gasteiger charge is -2.10. The Morgan fingerprint density at radius 1 is 1.26 bits per heavy atom. The molecule has 0 saturated carbocycles. The summed E-state index contributed by atoms with van der Waals surface area (Å²) in [6.07, 6.45) is 1.81. The van der Waals surface area contributed by atoms with Crippen molar-refractivity contribution in [1.29, 1.82) is 0 Å². The van der Waals surface area contributed by atoms with Crippen molar-refractivity contribution in [2.45, 2.75) is 0 Å². The SMILES string of the molecule is COc1cc2c(cc1-c1cccc3[nH]ncc13)OCO2.O=CO. The van der Waals surface area contributed by atoms with Crippen LogP contribution in [0.15, 0.2) is 36.5 Å². The zero-order chi connectivity index (χ0) is 16.2. The summed E-state index contributed by atoms with van der Waals surface area (Å²) in [5.41, 5.74) is 3.00. The normalized spacial score (nSPS) is 11.7. The molecule has 0 unspecified atom stereocenters. The van der Waals surface area contributed by atoms with Crippen LogP contribution in [0.4, 0.5) is 0 Å². The Hall–Kier alpha value is -3.22. The van der Waals surface area contributed by atoms with Crippen LogP contribution in [0.3, 0.4) is 0 Å². The molecule has 7 nitrogen and oxygen atoms in total. The Morgan fingerprint density at radius 3 is 2.74 bits per heavy atom. The van der Waals surface area contributed by atoms with Crippen molar-refractivity contribution in [2.75, 3.05) is 13.9 Å². The number of nitrogens with zero attached hydrogens (tertiary/aromatic N) is 1. The number of rotatable bonds is 2. The molecule has 2 aromatic carbocycles. The minimum absolute atomic E-state index is 0.248. The molecule has 1 aromatic heterocycles. The van der Waals surface area contributed by atoms with E-state index in [2.05, 4.69) is 10.2 Å². The summed E-state index contributed by atoms with van der Waals surface area (Å²) < 4.78 is 16.3. The average Bonchev–Trinajstić information content (AvgIpc) is 3.22. The van der Waals surface area contributed by atoms with E-state index < -0.39 is 0 Å². The van der Waals surface area contributed by atoms with Crippen molar-refractivity contribution in [3.63, 3.8) is 0 Å². The zero-order valence-corrected chi connectivity index (χ0v) is 12.3. The number of methoxy groups -OCH3 is 1. The molecule has 0 aliphatic carbocycles. The standard InChI is InChI=1S/C15H12N2O3.CH2O2/c1-18-13-6-15-14(19-8-20-15)5-10(13)9-3-2-4-12-11(9)7-16-17-12;2-1-3/h2-7H,8H2,1H3,(H,16,17);1H,(H,2,3). The molecule has 0 saturated heterocycles. The lowest BCUT2D eigenvalue weighted by Crippen LogP contribution is -1.92.